The standard InChI is InChI=1S/C12H11N3O/c16-8-9-1-4-12(13-5-9)15-7-11(6-14-15)10-2-3-10/h1,4-8,10H,2-3H2. The molecule has 0 aromatic carbocycles. The summed E-state index contributed by atoms with van der Waals surface area (Å²) in [6.45, 7) is 0. The van der Waals surface area contributed by atoms with Crippen LogP contribution in [0.15, 0.2) is 30.7 Å². The summed E-state index contributed by atoms with van der Waals surface area (Å²) >= 11 is 0. The van der Waals surface area contributed by atoms with Crippen molar-refractivity contribution >= 4 is 6.29 Å². The van der Waals surface area contributed by atoms with E-state index in [1.165, 1.54) is 18.4 Å². The Morgan fingerprint density at radius 3 is 2.81 bits per heavy atom. The van der Waals surface area contributed by atoms with Crippen LogP contribution in [0.1, 0.15) is 34.7 Å². The average molecular weight is 213 g/mol. The van der Waals surface area contributed by atoms with Gasteiger partial charge in [0.05, 0.1) is 6.20 Å². The number of hydrogen-bond donors (Lipinski definition) is 0. The summed E-state index contributed by atoms with van der Waals surface area (Å²) < 4.78 is 1.75. The summed E-state index contributed by atoms with van der Waals surface area (Å²) in [7, 11) is 0. The minimum Gasteiger partial charge on any atom is -0.298 e. The lowest BCUT2D eigenvalue weighted by Crippen LogP contribution is -1.97. The van der Waals surface area contributed by atoms with E-state index in [1.54, 1.807) is 23.0 Å². The highest BCUT2D eigenvalue weighted by molar-refractivity contribution is 5.74. The molecule has 1 aliphatic rings. The SMILES string of the molecule is O=Cc1ccc(-n2cc(C3CC3)cn2)nc1. The van der Waals surface area contributed by atoms with Gasteiger partial charge >= 0.3 is 0 Å². The van der Waals surface area contributed by atoms with Crippen molar-refractivity contribution < 1.29 is 4.79 Å². The minimum atomic E-state index is 0.582. The van der Waals surface area contributed by atoms with Crippen molar-refractivity contribution in [2.75, 3.05) is 0 Å². The van der Waals surface area contributed by atoms with Crippen LogP contribution in [0.4, 0.5) is 0 Å². The molecule has 4 nitrogen and oxygen atoms in total. The van der Waals surface area contributed by atoms with Crippen LogP contribution < -0.4 is 0 Å². The highest BCUT2D eigenvalue weighted by atomic mass is 16.1. The fourth-order valence-electron chi connectivity index (χ4n) is 1.69. The summed E-state index contributed by atoms with van der Waals surface area (Å²) in [6, 6.07) is 3.54. The third kappa shape index (κ3) is 1.62. The maximum absolute atomic E-state index is 10.5. The molecule has 1 fully saturated rings. The summed E-state index contributed by atoms with van der Waals surface area (Å²) in [6.07, 6.45) is 8.79. The van der Waals surface area contributed by atoms with Gasteiger partial charge < -0.3 is 0 Å². The molecule has 0 radical (unpaired) electrons. The predicted molar refractivity (Wildman–Crippen MR) is 58.7 cm³/mol. The van der Waals surface area contributed by atoms with Gasteiger partial charge in [-0.2, -0.15) is 5.10 Å². The Morgan fingerprint density at radius 2 is 2.19 bits per heavy atom. The lowest BCUT2D eigenvalue weighted by molar-refractivity contribution is 0.112. The summed E-state index contributed by atoms with van der Waals surface area (Å²) in [5, 5.41) is 4.27. The van der Waals surface area contributed by atoms with Crippen LogP contribution in [0.3, 0.4) is 0 Å². The molecular formula is C12H11N3O. The highest BCUT2D eigenvalue weighted by Gasteiger charge is 2.24. The van der Waals surface area contributed by atoms with Crippen LogP contribution in [0, 0.1) is 0 Å². The van der Waals surface area contributed by atoms with Gasteiger partial charge in [-0.15, -0.1) is 0 Å². The number of carbonyl (C=O) groups excluding carboxylic acids is 1. The van der Waals surface area contributed by atoms with Crippen LogP contribution in [0.5, 0.6) is 0 Å². The number of hydrogen-bond acceptors (Lipinski definition) is 3. The van der Waals surface area contributed by atoms with E-state index >= 15 is 0 Å². The Morgan fingerprint density at radius 1 is 1.31 bits per heavy atom. The molecule has 0 aliphatic heterocycles. The lowest BCUT2D eigenvalue weighted by Gasteiger charge is -1.99. The van der Waals surface area contributed by atoms with Crippen LogP contribution in [0.25, 0.3) is 5.82 Å². The molecule has 1 saturated carbocycles. The van der Waals surface area contributed by atoms with E-state index in [9.17, 15) is 4.79 Å². The van der Waals surface area contributed by atoms with Gasteiger partial charge in [0.25, 0.3) is 0 Å². The number of nitrogens with zero attached hydrogens (tertiary/aromatic N) is 3. The van der Waals surface area contributed by atoms with Crippen LogP contribution >= 0.6 is 0 Å². The molecule has 0 unspecified atom stereocenters. The molecule has 1 aliphatic carbocycles. The normalized spacial score (nSPS) is 15.0. The van der Waals surface area contributed by atoms with E-state index in [0.717, 1.165) is 12.1 Å². The maximum Gasteiger partial charge on any atom is 0.153 e. The predicted octanol–water partition coefficient (Wildman–Crippen LogP) is 1.96. The Kier molecular flexibility index (Phi) is 2.06. The van der Waals surface area contributed by atoms with Crippen molar-refractivity contribution in [2.45, 2.75) is 18.8 Å². The van der Waals surface area contributed by atoms with Crippen molar-refractivity contribution in [2.24, 2.45) is 0 Å². The quantitative estimate of drug-likeness (QED) is 0.732. The Labute approximate surface area is 92.9 Å². The zero-order valence-electron chi connectivity index (χ0n) is 8.71. The fraction of sp³-hybridized carbons (Fsp3) is 0.250. The second-order valence-corrected chi connectivity index (χ2v) is 4.06. The molecular weight excluding hydrogens is 202 g/mol. The Balaban J connectivity index is 1.91. The van der Waals surface area contributed by atoms with E-state index in [2.05, 4.69) is 10.1 Å². The molecule has 0 amide bonds. The van der Waals surface area contributed by atoms with E-state index in [1.807, 2.05) is 12.4 Å². The summed E-state index contributed by atoms with van der Waals surface area (Å²) in [4.78, 5) is 14.7. The van der Waals surface area contributed by atoms with Gasteiger partial charge in [-0.25, -0.2) is 9.67 Å². The Hall–Kier alpha value is -1.97. The van der Waals surface area contributed by atoms with Crippen LogP contribution in [0.2, 0.25) is 0 Å². The van der Waals surface area contributed by atoms with Gasteiger partial charge in [-0.05, 0) is 36.5 Å². The number of carbonyl (C=O) groups is 1. The van der Waals surface area contributed by atoms with Gasteiger partial charge in [-0.3, -0.25) is 4.79 Å². The maximum atomic E-state index is 10.5. The Bertz CT molecular complexity index is 511. The van der Waals surface area contributed by atoms with Crippen molar-refractivity contribution in [3.8, 4) is 5.82 Å². The van der Waals surface area contributed by atoms with E-state index in [0.29, 0.717) is 11.5 Å². The largest absolute Gasteiger partial charge is 0.298 e. The van der Waals surface area contributed by atoms with Gasteiger partial charge in [0.1, 0.15) is 0 Å². The summed E-state index contributed by atoms with van der Waals surface area (Å²) in [5.74, 6) is 1.44. The van der Waals surface area contributed by atoms with Crippen molar-refractivity contribution in [1.82, 2.24) is 14.8 Å². The van der Waals surface area contributed by atoms with Crippen molar-refractivity contribution in [1.29, 1.82) is 0 Å². The first-order chi connectivity index (χ1) is 7.86. The molecule has 16 heavy (non-hydrogen) atoms. The van der Waals surface area contributed by atoms with Gasteiger partial charge in [0.2, 0.25) is 0 Å². The molecule has 0 saturated heterocycles. The third-order valence-corrected chi connectivity index (χ3v) is 2.79. The second-order valence-electron chi connectivity index (χ2n) is 4.06. The first-order valence-corrected chi connectivity index (χ1v) is 5.33. The molecule has 3 rings (SSSR count). The monoisotopic (exact) mass is 213 g/mol. The van der Waals surface area contributed by atoms with Crippen molar-refractivity contribution in [3.63, 3.8) is 0 Å². The molecule has 2 aromatic rings. The minimum absolute atomic E-state index is 0.582. The van der Waals surface area contributed by atoms with Crippen LogP contribution in [-0.2, 0) is 0 Å². The topological polar surface area (TPSA) is 47.8 Å². The number of aromatic nitrogens is 3. The number of rotatable bonds is 3. The molecule has 0 bridgehead atoms. The zero-order chi connectivity index (χ0) is 11.0. The molecule has 0 atom stereocenters. The first-order valence-electron chi connectivity index (χ1n) is 5.33. The summed E-state index contributed by atoms with van der Waals surface area (Å²) in [5.41, 5.74) is 1.86. The second kappa shape index (κ2) is 3.56. The first kappa shape index (κ1) is 9.27. The third-order valence-electron chi connectivity index (χ3n) is 2.79. The average Bonchev–Trinajstić information content (AvgIpc) is 3.08. The number of pyridine rings is 1. The van der Waals surface area contributed by atoms with E-state index in [-0.39, 0.29) is 0 Å². The molecule has 0 spiro atoms. The zero-order valence-corrected chi connectivity index (χ0v) is 8.71. The number of aldehydes is 1. The smallest absolute Gasteiger partial charge is 0.153 e. The van der Waals surface area contributed by atoms with Gasteiger partial charge in [-0.1, -0.05) is 0 Å². The lowest BCUT2D eigenvalue weighted by atomic mass is 10.2. The molecule has 80 valence electrons. The molecule has 4 heteroatoms. The van der Waals surface area contributed by atoms with Crippen molar-refractivity contribution in [3.05, 3.63) is 41.9 Å². The van der Waals surface area contributed by atoms with Gasteiger partial charge in [0, 0.05) is 18.0 Å². The molecule has 2 heterocycles. The molecule has 0 N–H and O–H groups in total. The van der Waals surface area contributed by atoms with Crippen LogP contribution in [-0.4, -0.2) is 21.1 Å². The van der Waals surface area contributed by atoms with E-state index < -0.39 is 0 Å². The van der Waals surface area contributed by atoms with Gasteiger partial charge in [0.15, 0.2) is 12.1 Å². The molecule has 2 aromatic heterocycles. The highest BCUT2D eigenvalue weighted by Crippen LogP contribution is 2.39. The van der Waals surface area contributed by atoms with E-state index in [4.69, 9.17) is 0 Å². The fourth-order valence-corrected chi connectivity index (χ4v) is 1.69.